The van der Waals surface area contributed by atoms with Crippen LogP contribution in [0.1, 0.15) is 103 Å². The molecule has 0 amide bonds. The molecule has 0 spiro atoms. The number of hydrogen-bond acceptors (Lipinski definition) is 3. The lowest BCUT2D eigenvalue weighted by molar-refractivity contribution is 0.302. The molecule has 0 fully saturated rings. The van der Waals surface area contributed by atoms with Crippen molar-refractivity contribution in [2.75, 3.05) is 6.61 Å². The number of aryl methyl sites for hydroxylation is 1. The smallest absolute Gasteiger partial charge is 0.162 e. The van der Waals surface area contributed by atoms with Crippen LogP contribution in [0.3, 0.4) is 0 Å². The van der Waals surface area contributed by atoms with Gasteiger partial charge in [0.1, 0.15) is 5.82 Å². The van der Waals surface area contributed by atoms with Crippen molar-refractivity contribution in [2.45, 2.75) is 110 Å². The summed E-state index contributed by atoms with van der Waals surface area (Å²) in [6, 6.07) is 5.28. The van der Waals surface area contributed by atoms with E-state index in [0.29, 0.717) is 30.2 Å². The van der Waals surface area contributed by atoms with Crippen molar-refractivity contribution in [3.63, 3.8) is 0 Å². The Labute approximate surface area is 199 Å². The van der Waals surface area contributed by atoms with Gasteiger partial charge in [-0.1, -0.05) is 77.2 Å². The molecule has 0 saturated heterocycles. The predicted octanol–water partition coefficient (Wildman–Crippen LogP) is 8.65. The van der Waals surface area contributed by atoms with Crippen molar-refractivity contribution in [3.05, 3.63) is 42.0 Å². The van der Waals surface area contributed by atoms with E-state index < -0.39 is 6.17 Å². The third-order valence-corrected chi connectivity index (χ3v) is 5.99. The zero-order valence-corrected chi connectivity index (χ0v) is 20.6. The topological polar surface area (TPSA) is 35.0 Å². The molecule has 1 aromatic carbocycles. The van der Waals surface area contributed by atoms with Gasteiger partial charge >= 0.3 is 0 Å². The molecule has 2 rings (SSSR count). The number of alkyl halides is 1. The van der Waals surface area contributed by atoms with Gasteiger partial charge in [-0.3, -0.25) is 0 Å². The Morgan fingerprint density at radius 1 is 0.848 bits per heavy atom. The van der Waals surface area contributed by atoms with Crippen molar-refractivity contribution in [3.8, 4) is 17.1 Å². The number of unbranched alkanes of at least 4 members (excludes halogenated alkanes) is 10. The molecular formula is C28H42F2N2O. The highest BCUT2D eigenvalue weighted by atomic mass is 19.1. The summed E-state index contributed by atoms with van der Waals surface area (Å²) in [6.45, 7) is 4.50. The van der Waals surface area contributed by atoms with Gasteiger partial charge in [-0.05, 0) is 50.3 Å². The van der Waals surface area contributed by atoms with Crippen molar-refractivity contribution < 1.29 is 13.5 Å². The second-order valence-corrected chi connectivity index (χ2v) is 9.11. The fourth-order valence-corrected chi connectivity index (χ4v) is 3.96. The van der Waals surface area contributed by atoms with Crippen LogP contribution < -0.4 is 4.74 Å². The van der Waals surface area contributed by atoms with E-state index in [9.17, 15) is 8.78 Å². The molecule has 1 unspecified atom stereocenters. The highest BCUT2D eigenvalue weighted by Crippen LogP contribution is 2.22. The van der Waals surface area contributed by atoms with E-state index in [1.54, 1.807) is 31.5 Å². The molecule has 0 aliphatic rings. The summed E-state index contributed by atoms with van der Waals surface area (Å²) >= 11 is 0. The van der Waals surface area contributed by atoms with Crippen molar-refractivity contribution >= 4 is 0 Å². The van der Waals surface area contributed by atoms with Gasteiger partial charge < -0.3 is 4.74 Å². The van der Waals surface area contributed by atoms with Crippen LogP contribution in [0.5, 0.6) is 5.75 Å². The SMILES string of the molecule is CCCCCCCCCCOc1cnc(-c2ccc(CCCCCCC(C)F)cc2F)nc1. The lowest BCUT2D eigenvalue weighted by atomic mass is 10.0. The number of halogens is 2. The molecule has 1 atom stereocenters. The first kappa shape index (κ1) is 27.2. The van der Waals surface area contributed by atoms with E-state index in [2.05, 4.69) is 16.9 Å². The molecule has 5 heteroatoms. The maximum absolute atomic E-state index is 14.6. The lowest BCUT2D eigenvalue weighted by Gasteiger charge is -2.08. The van der Waals surface area contributed by atoms with Crippen LogP contribution in [0.2, 0.25) is 0 Å². The Balaban J connectivity index is 1.68. The van der Waals surface area contributed by atoms with Gasteiger partial charge in [-0.2, -0.15) is 0 Å². The van der Waals surface area contributed by atoms with E-state index in [4.69, 9.17) is 4.74 Å². The van der Waals surface area contributed by atoms with Gasteiger partial charge in [0.05, 0.1) is 30.7 Å². The first-order valence-corrected chi connectivity index (χ1v) is 13.0. The van der Waals surface area contributed by atoms with Gasteiger partial charge in [0.2, 0.25) is 0 Å². The average molecular weight is 461 g/mol. The van der Waals surface area contributed by atoms with Crippen LogP contribution in [0, 0.1) is 5.82 Å². The number of rotatable bonds is 18. The van der Waals surface area contributed by atoms with Gasteiger partial charge in [0.15, 0.2) is 11.6 Å². The fourth-order valence-electron chi connectivity index (χ4n) is 3.96. The third-order valence-electron chi connectivity index (χ3n) is 5.99. The maximum atomic E-state index is 14.6. The number of aromatic nitrogens is 2. The normalized spacial score (nSPS) is 12.1. The minimum atomic E-state index is -0.718. The highest BCUT2D eigenvalue weighted by molar-refractivity contribution is 5.56. The van der Waals surface area contributed by atoms with Gasteiger partial charge in [-0.25, -0.2) is 18.7 Å². The fraction of sp³-hybridized carbons (Fsp3) is 0.643. The van der Waals surface area contributed by atoms with Crippen LogP contribution in [-0.4, -0.2) is 22.7 Å². The van der Waals surface area contributed by atoms with Crippen LogP contribution in [0.15, 0.2) is 30.6 Å². The molecule has 3 nitrogen and oxygen atoms in total. The first-order valence-electron chi connectivity index (χ1n) is 13.0. The minimum Gasteiger partial charge on any atom is -0.490 e. The molecule has 33 heavy (non-hydrogen) atoms. The number of hydrogen-bond donors (Lipinski definition) is 0. The Bertz CT molecular complexity index is 765. The molecule has 2 aromatic rings. The first-order chi connectivity index (χ1) is 16.1. The third kappa shape index (κ3) is 11.6. The van der Waals surface area contributed by atoms with Crippen LogP contribution >= 0.6 is 0 Å². The van der Waals surface area contributed by atoms with E-state index in [1.165, 1.54) is 44.9 Å². The molecule has 184 valence electrons. The second-order valence-electron chi connectivity index (χ2n) is 9.11. The Morgan fingerprint density at radius 2 is 1.48 bits per heavy atom. The Morgan fingerprint density at radius 3 is 2.15 bits per heavy atom. The monoisotopic (exact) mass is 460 g/mol. The molecule has 0 saturated carbocycles. The largest absolute Gasteiger partial charge is 0.490 e. The number of benzene rings is 1. The van der Waals surface area contributed by atoms with Crippen molar-refractivity contribution in [2.24, 2.45) is 0 Å². The summed E-state index contributed by atoms with van der Waals surface area (Å²) in [7, 11) is 0. The molecule has 0 aliphatic carbocycles. The zero-order valence-electron chi connectivity index (χ0n) is 20.6. The average Bonchev–Trinajstić information content (AvgIpc) is 2.81. The molecule has 0 aliphatic heterocycles. The molecule has 0 bridgehead atoms. The van der Waals surface area contributed by atoms with Crippen molar-refractivity contribution in [1.29, 1.82) is 0 Å². The Hall–Kier alpha value is -2.04. The zero-order chi connectivity index (χ0) is 23.7. The minimum absolute atomic E-state index is 0.300. The summed E-state index contributed by atoms with van der Waals surface area (Å²) < 4.78 is 33.2. The van der Waals surface area contributed by atoms with E-state index in [1.807, 2.05) is 6.07 Å². The summed E-state index contributed by atoms with van der Waals surface area (Å²) in [4.78, 5) is 8.60. The van der Waals surface area contributed by atoms with E-state index in [0.717, 1.165) is 44.1 Å². The summed E-state index contributed by atoms with van der Waals surface area (Å²) in [5, 5.41) is 0. The van der Waals surface area contributed by atoms with E-state index >= 15 is 0 Å². The molecule has 1 heterocycles. The Kier molecular flexibility index (Phi) is 13.6. The van der Waals surface area contributed by atoms with E-state index in [-0.39, 0.29) is 5.82 Å². The second kappa shape index (κ2) is 16.6. The van der Waals surface area contributed by atoms with Crippen LogP contribution in [0.4, 0.5) is 8.78 Å². The van der Waals surface area contributed by atoms with Crippen molar-refractivity contribution in [1.82, 2.24) is 9.97 Å². The lowest BCUT2D eigenvalue weighted by Crippen LogP contribution is -2.00. The van der Waals surface area contributed by atoms with Gasteiger partial charge in [-0.15, -0.1) is 0 Å². The summed E-state index contributed by atoms with van der Waals surface area (Å²) in [5.74, 6) is 0.700. The number of nitrogens with zero attached hydrogens (tertiary/aromatic N) is 2. The van der Waals surface area contributed by atoms with Gasteiger partial charge in [0, 0.05) is 0 Å². The molecule has 1 aromatic heterocycles. The summed E-state index contributed by atoms with van der Waals surface area (Å²) in [6.07, 6.45) is 18.1. The molecular weight excluding hydrogens is 418 g/mol. The standard InChI is InChI=1S/C28H42F2N2O/c1-3-4-5-6-7-8-11-14-19-33-25-21-31-28(32-22-25)26-18-17-24(20-27(26)30)16-13-10-9-12-15-23(2)29/h17-18,20-23H,3-16,19H2,1-2H3. The highest BCUT2D eigenvalue weighted by Gasteiger charge is 2.09. The maximum Gasteiger partial charge on any atom is 0.162 e. The predicted molar refractivity (Wildman–Crippen MR) is 133 cm³/mol. The van der Waals surface area contributed by atoms with Gasteiger partial charge in [0.25, 0.3) is 0 Å². The quantitative estimate of drug-likeness (QED) is 0.209. The van der Waals surface area contributed by atoms with Crippen LogP contribution in [0.25, 0.3) is 11.4 Å². The summed E-state index contributed by atoms with van der Waals surface area (Å²) in [5.41, 5.74) is 1.38. The molecule has 0 N–H and O–H groups in total. The molecule has 0 radical (unpaired) electrons. The van der Waals surface area contributed by atoms with Crippen LogP contribution in [-0.2, 0) is 6.42 Å². The number of ether oxygens (including phenoxy) is 1.